The fourth-order valence-corrected chi connectivity index (χ4v) is 4.60. The lowest BCUT2D eigenvalue weighted by atomic mass is 10.0. The fraction of sp³-hybridized carbons (Fsp3) is 0.172. The number of hydrogen-bond donors (Lipinski definition) is 1. The molecule has 0 aliphatic rings. The molecule has 1 atom stereocenters. The third kappa shape index (κ3) is 6.58. The van der Waals surface area contributed by atoms with Gasteiger partial charge in [-0.2, -0.15) is 0 Å². The number of nitrogens with zero attached hydrogens (tertiary/aromatic N) is 1. The molecule has 2 amide bonds. The van der Waals surface area contributed by atoms with E-state index < -0.39 is 6.04 Å². The zero-order chi connectivity index (χ0) is 24.5. The van der Waals surface area contributed by atoms with E-state index >= 15 is 0 Å². The average molecular weight is 485 g/mol. The Hall–Kier alpha value is -3.90. The van der Waals surface area contributed by atoms with Crippen molar-refractivity contribution in [3.05, 3.63) is 124 Å². The van der Waals surface area contributed by atoms with Crippen molar-refractivity contribution >= 4 is 23.2 Å². The van der Waals surface area contributed by atoms with Gasteiger partial charge in [-0.15, -0.1) is 11.3 Å². The number of thiophene rings is 1. The Labute approximate surface area is 210 Å². The molecule has 0 bridgehead atoms. The standard InChI is InChI=1S/C29H28N2O3S/c1-34-25-16-14-24(15-17-25)28(29(33)30-20-22-9-4-2-5-10-22)31(21-23-11-6-3-7-12-23)27(32)19-26-13-8-18-35-26/h2-18,28H,19-21H2,1H3,(H,30,33). The molecule has 6 heteroatoms. The van der Waals surface area contributed by atoms with Gasteiger partial charge < -0.3 is 15.0 Å². The highest BCUT2D eigenvalue weighted by Gasteiger charge is 2.31. The van der Waals surface area contributed by atoms with Crippen molar-refractivity contribution in [2.75, 3.05) is 7.11 Å². The predicted molar refractivity (Wildman–Crippen MR) is 139 cm³/mol. The quantitative estimate of drug-likeness (QED) is 0.329. The molecule has 4 rings (SSSR count). The van der Waals surface area contributed by atoms with Gasteiger partial charge in [0.15, 0.2) is 0 Å². The van der Waals surface area contributed by atoms with Crippen molar-refractivity contribution in [3.8, 4) is 5.75 Å². The van der Waals surface area contributed by atoms with Crippen LogP contribution in [-0.2, 0) is 29.1 Å². The van der Waals surface area contributed by atoms with Crippen molar-refractivity contribution in [2.45, 2.75) is 25.6 Å². The minimum absolute atomic E-state index is 0.105. The first-order chi connectivity index (χ1) is 17.1. The van der Waals surface area contributed by atoms with Gasteiger partial charge in [0.05, 0.1) is 13.5 Å². The summed E-state index contributed by atoms with van der Waals surface area (Å²) in [5, 5.41) is 5.00. The van der Waals surface area contributed by atoms with Crippen LogP contribution in [0.5, 0.6) is 5.75 Å². The zero-order valence-electron chi connectivity index (χ0n) is 19.6. The molecule has 0 saturated carbocycles. The van der Waals surface area contributed by atoms with Crippen LogP contribution in [0, 0.1) is 0 Å². The van der Waals surface area contributed by atoms with Crippen LogP contribution < -0.4 is 10.1 Å². The molecule has 5 nitrogen and oxygen atoms in total. The second kappa shape index (κ2) is 12.0. The summed E-state index contributed by atoms with van der Waals surface area (Å²) in [6.07, 6.45) is 0.239. The summed E-state index contributed by atoms with van der Waals surface area (Å²) in [4.78, 5) is 30.0. The normalized spacial score (nSPS) is 11.5. The molecule has 1 unspecified atom stereocenters. The first kappa shape index (κ1) is 24.2. The van der Waals surface area contributed by atoms with Crippen molar-refractivity contribution < 1.29 is 14.3 Å². The summed E-state index contributed by atoms with van der Waals surface area (Å²) in [5.74, 6) is 0.359. The maximum Gasteiger partial charge on any atom is 0.247 e. The molecule has 3 aromatic carbocycles. The SMILES string of the molecule is COc1ccc(C(C(=O)NCc2ccccc2)N(Cc2ccccc2)C(=O)Cc2cccs2)cc1. The van der Waals surface area contributed by atoms with E-state index in [2.05, 4.69) is 5.32 Å². The van der Waals surface area contributed by atoms with Crippen LogP contribution in [0.25, 0.3) is 0 Å². The Balaban J connectivity index is 1.68. The van der Waals surface area contributed by atoms with E-state index in [0.29, 0.717) is 18.8 Å². The van der Waals surface area contributed by atoms with Crippen molar-refractivity contribution in [2.24, 2.45) is 0 Å². The van der Waals surface area contributed by atoms with Crippen molar-refractivity contribution in [1.29, 1.82) is 0 Å². The van der Waals surface area contributed by atoms with Crippen LogP contribution in [0.15, 0.2) is 102 Å². The fourth-order valence-electron chi connectivity index (χ4n) is 3.91. The Morgan fingerprint density at radius 1 is 0.857 bits per heavy atom. The molecule has 0 saturated heterocycles. The summed E-state index contributed by atoms with van der Waals surface area (Å²) in [7, 11) is 1.60. The van der Waals surface area contributed by atoms with Gasteiger partial charge in [-0.1, -0.05) is 78.9 Å². The third-order valence-corrected chi connectivity index (χ3v) is 6.60. The molecule has 1 heterocycles. The summed E-state index contributed by atoms with van der Waals surface area (Å²) in [6.45, 7) is 0.700. The van der Waals surface area contributed by atoms with Gasteiger partial charge >= 0.3 is 0 Å². The maximum absolute atomic E-state index is 13.7. The molecule has 0 fully saturated rings. The molecule has 0 radical (unpaired) electrons. The van der Waals surface area contributed by atoms with Gasteiger partial charge in [0.25, 0.3) is 0 Å². The molecule has 0 spiro atoms. The molecular weight excluding hydrogens is 456 g/mol. The molecule has 0 aliphatic carbocycles. The maximum atomic E-state index is 13.7. The molecule has 0 aliphatic heterocycles. The van der Waals surface area contributed by atoms with Gasteiger partial charge in [-0.05, 0) is 40.3 Å². The lowest BCUT2D eigenvalue weighted by Crippen LogP contribution is -2.43. The van der Waals surface area contributed by atoms with E-state index in [1.54, 1.807) is 12.0 Å². The molecule has 1 N–H and O–H groups in total. The number of ether oxygens (including phenoxy) is 1. The summed E-state index contributed by atoms with van der Waals surface area (Å²) < 4.78 is 5.31. The smallest absolute Gasteiger partial charge is 0.247 e. The number of amides is 2. The first-order valence-electron chi connectivity index (χ1n) is 11.5. The second-order valence-corrected chi connectivity index (χ2v) is 9.17. The van der Waals surface area contributed by atoms with Crippen molar-refractivity contribution in [1.82, 2.24) is 10.2 Å². The Morgan fingerprint density at radius 3 is 2.11 bits per heavy atom. The van der Waals surface area contributed by atoms with Crippen molar-refractivity contribution in [3.63, 3.8) is 0 Å². The van der Waals surface area contributed by atoms with Crippen LogP contribution >= 0.6 is 11.3 Å². The van der Waals surface area contributed by atoms with Gasteiger partial charge in [0.1, 0.15) is 11.8 Å². The number of benzene rings is 3. The van der Waals surface area contributed by atoms with E-state index in [1.807, 2.05) is 102 Å². The highest BCUT2D eigenvalue weighted by molar-refractivity contribution is 7.10. The number of rotatable bonds is 10. The van der Waals surface area contributed by atoms with Crippen LogP contribution in [-0.4, -0.2) is 23.8 Å². The zero-order valence-corrected chi connectivity index (χ0v) is 20.4. The van der Waals surface area contributed by atoms with Crippen LogP contribution in [0.1, 0.15) is 27.6 Å². The van der Waals surface area contributed by atoms with Crippen LogP contribution in [0.4, 0.5) is 0 Å². The number of carbonyl (C=O) groups is 2. The lowest BCUT2D eigenvalue weighted by Gasteiger charge is -2.32. The number of nitrogens with one attached hydrogen (secondary N) is 1. The Kier molecular flexibility index (Phi) is 8.30. The molecule has 1 aromatic heterocycles. The largest absolute Gasteiger partial charge is 0.497 e. The molecular formula is C29H28N2O3S. The molecule has 35 heavy (non-hydrogen) atoms. The van der Waals surface area contributed by atoms with E-state index in [9.17, 15) is 9.59 Å². The minimum atomic E-state index is -0.794. The van der Waals surface area contributed by atoms with Gasteiger partial charge in [0.2, 0.25) is 11.8 Å². The second-order valence-electron chi connectivity index (χ2n) is 8.14. The van der Waals surface area contributed by atoms with E-state index in [4.69, 9.17) is 4.74 Å². The highest BCUT2D eigenvalue weighted by atomic mass is 32.1. The van der Waals surface area contributed by atoms with Crippen LogP contribution in [0.2, 0.25) is 0 Å². The summed E-state index contributed by atoms with van der Waals surface area (Å²) in [6, 6.07) is 29.9. The van der Waals surface area contributed by atoms with Gasteiger partial charge in [-0.3, -0.25) is 9.59 Å². The molecule has 178 valence electrons. The first-order valence-corrected chi connectivity index (χ1v) is 12.3. The monoisotopic (exact) mass is 484 g/mol. The highest BCUT2D eigenvalue weighted by Crippen LogP contribution is 2.27. The van der Waals surface area contributed by atoms with E-state index in [1.165, 1.54) is 11.3 Å². The lowest BCUT2D eigenvalue weighted by molar-refractivity contribution is -0.141. The number of hydrogen-bond acceptors (Lipinski definition) is 4. The molecule has 4 aromatic rings. The number of carbonyl (C=O) groups excluding carboxylic acids is 2. The predicted octanol–water partition coefficient (Wildman–Crippen LogP) is 5.39. The summed E-state index contributed by atoms with van der Waals surface area (Å²) >= 11 is 1.54. The Morgan fingerprint density at radius 2 is 1.51 bits per heavy atom. The third-order valence-electron chi connectivity index (χ3n) is 5.72. The Bertz CT molecular complexity index is 1210. The average Bonchev–Trinajstić information content (AvgIpc) is 3.41. The minimum Gasteiger partial charge on any atom is -0.497 e. The van der Waals surface area contributed by atoms with E-state index in [0.717, 1.165) is 21.6 Å². The number of methoxy groups -OCH3 is 1. The van der Waals surface area contributed by atoms with Gasteiger partial charge in [-0.25, -0.2) is 0 Å². The van der Waals surface area contributed by atoms with E-state index in [-0.39, 0.29) is 18.2 Å². The summed E-state index contributed by atoms with van der Waals surface area (Å²) in [5.41, 5.74) is 2.68. The topological polar surface area (TPSA) is 58.6 Å². The van der Waals surface area contributed by atoms with Crippen LogP contribution in [0.3, 0.4) is 0 Å². The van der Waals surface area contributed by atoms with Gasteiger partial charge in [0, 0.05) is 18.0 Å².